The van der Waals surface area contributed by atoms with Crippen molar-refractivity contribution >= 4 is 17.9 Å². The first-order chi connectivity index (χ1) is 7.75. The van der Waals surface area contributed by atoms with Gasteiger partial charge in [-0.3, -0.25) is 9.68 Å². The maximum absolute atomic E-state index is 10.5. The van der Waals surface area contributed by atoms with Crippen LogP contribution >= 0.6 is 0 Å². The van der Waals surface area contributed by atoms with Crippen LogP contribution in [0, 0.1) is 0 Å². The van der Waals surface area contributed by atoms with Crippen molar-refractivity contribution in [2.45, 2.75) is 26.0 Å². The van der Waals surface area contributed by atoms with Gasteiger partial charge in [-0.25, -0.2) is 9.59 Å². The van der Waals surface area contributed by atoms with Crippen molar-refractivity contribution in [2.75, 3.05) is 6.61 Å². The molecule has 17 heavy (non-hydrogen) atoms. The second kappa shape index (κ2) is 10.8. The lowest BCUT2D eigenvalue weighted by Gasteiger charge is -1.99. The molecule has 0 spiro atoms. The topological polar surface area (TPSA) is 156 Å². The minimum Gasteiger partial charge on any atom is -0.481 e. The minimum atomic E-state index is -1.29. The van der Waals surface area contributed by atoms with Crippen LogP contribution in [-0.4, -0.2) is 46.1 Å². The zero-order valence-electron chi connectivity index (χ0n) is 9.16. The highest BCUT2D eigenvalue weighted by atomic mass is 17.2. The number of nitrogens with two attached hydrogens (primary N) is 1. The largest absolute Gasteiger partial charge is 0.481 e. The summed E-state index contributed by atoms with van der Waals surface area (Å²) in [7, 11) is 0. The molecule has 0 aromatic rings. The van der Waals surface area contributed by atoms with Crippen LogP contribution in [-0.2, 0) is 24.2 Å². The highest BCUT2D eigenvalue weighted by molar-refractivity contribution is 5.76. The van der Waals surface area contributed by atoms with Gasteiger partial charge in [-0.2, -0.15) is 4.89 Å². The summed E-state index contributed by atoms with van der Waals surface area (Å²) in [6.07, 6.45) is -1.40. The predicted octanol–water partition coefficient (Wildman–Crippen LogP) is -1.31. The van der Waals surface area contributed by atoms with E-state index < -0.39 is 30.7 Å². The van der Waals surface area contributed by atoms with E-state index in [0.29, 0.717) is 0 Å². The molecule has 9 heteroatoms. The van der Waals surface area contributed by atoms with E-state index >= 15 is 0 Å². The fraction of sp³-hybridized carbons (Fsp3) is 0.625. The van der Waals surface area contributed by atoms with Crippen LogP contribution in [0.1, 0.15) is 19.8 Å². The van der Waals surface area contributed by atoms with E-state index in [1.807, 2.05) is 0 Å². The van der Waals surface area contributed by atoms with Gasteiger partial charge in [0, 0.05) is 0 Å². The molecule has 0 radical (unpaired) electrons. The van der Waals surface area contributed by atoms with Gasteiger partial charge in [-0.15, -0.1) is 0 Å². The molecule has 0 aliphatic heterocycles. The first-order valence-corrected chi connectivity index (χ1v) is 4.45. The number of carboxylic acid groups (broad SMARTS) is 2. The van der Waals surface area contributed by atoms with Gasteiger partial charge < -0.3 is 21.1 Å². The van der Waals surface area contributed by atoms with E-state index in [1.165, 1.54) is 6.92 Å². The second-order valence-corrected chi connectivity index (χ2v) is 2.75. The molecule has 0 fully saturated rings. The van der Waals surface area contributed by atoms with Crippen LogP contribution in [0.5, 0.6) is 0 Å². The summed E-state index contributed by atoms with van der Waals surface area (Å²) in [4.78, 5) is 38.2. The van der Waals surface area contributed by atoms with Gasteiger partial charge in [0.1, 0.15) is 0 Å². The number of aliphatic hydroxyl groups excluding tert-OH is 1. The number of aliphatic carboxylic acids is 2. The minimum absolute atomic E-state index is 0.352. The zero-order chi connectivity index (χ0) is 13.8. The van der Waals surface area contributed by atoms with Crippen LogP contribution < -0.4 is 5.73 Å². The predicted molar refractivity (Wildman–Crippen MR) is 52.4 cm³/mol. The summed E-state index contributed by atoms with van der Waals surface area (Å²) in [5, 5.41) is 24.0. The fourth-order valence-electron chi connectivity index (χ4n) is 0.396. The van der Waals surface area contributed by atoms with Gasteiger partial charge in [0.05, 0.1) is 19.1 Å². The maximum atomic E-state index is 10.5. The molecule has 0 aromatic heterocycles. The summed E-state index contributed by atoms with van der Waals surface area (Å²) < 4.78 is 0. The van der Waals surface area contributed by atoms with Crippen LogP contribution in [0.15, 0.2) is 0 Å². The van der Waals surface area contributed by atoms with Crippen molar-refractivity contribution in [2.24, 2.45) is 5.73 Å². The molecule has 0 amide bonds. The van der Waals surface area contributed by atoms with Crippen LogP contribution in [0.2, 0.25) is 0 Å². The average Bonchev–Trinajstić information content (AvgIpc) is 2.13. The molecule has 0 heterocycles. The molecule has 0 saturated heterocycles. The molecule has 1 atom stereocenters. The highest BCUT2D eigenvalue weighted by Crippen LogP contribution is 1.93. The Morgan fingerprint density at radius 1 is 1.18 bits per heavy atom. The average molecular weight is 253 g/mol. The summed E-state index contributed by atoms with van der Waals surface area (Å²) in [5.74, 6) is -3.34. The Balaban J connectivity index is 0. The Kier molecular flexibility index (Phi) is 11.2. The SMILES string of the molecule is CC(N)O.O=C(O)CCC(=O)OOCC(=O)O. The van der Waals surface area contributed by atoms with E-state index in [-0.39, 0.29) is 12.8 Å². The number of aliphatic hydroxyl groups is 1. The Bertz CT molecular complexity index is 249. The van der Waals surface area contributed by atoms with E-state index in [4.69, 9.17) is 15.3 Å². The Labute approximate surface area is 96.7 Å². The molecule has 100 valence electrons. The second-order valence-electron chi connectivity index (χ2n) is 2.75. The third-order valence-corrected chi connectivity index (χ3v) is 0.877. The Morgan fingerprint density at radius 3 is 2.00 bits per heavy atom. The lowest BCUT2D eigenvalue weighted by molar-refractivity contribution is -0.271. The molecule has 0 bridgehead atoms. The smallest absolute Gasteiger partial charge is 0.342 e. The van der Waals surface area contributed by atoms with Crippen molar-refractivity contribution < 1.29 is 39.5 Å². The van der Waals surface area contributed by atoms with Crippen molar-refractivity contribution in [3.63, 3.8) is 0 Å². The third-order valence-electron chi connectivity index (χ3n) is 0.877. The Morgan fingerprint density at radius 2 is 1.65 bits per heavy atom. The van der Waals surface area contributed by atoms with Gasteiger partial charge in [0.25, 0.3) is 0 Å². The molecule has 9 nitrogen and oxygen atoms in total. The summed E-state index contributed by atoms with van der Waals surface area (Å²) >= 11 is 0. The molecular weight excluding hydrogens is 238 g/mol. The van der Waals surface area contributed by atoms with Crippen molar-refractivity contribution in [3.05, 3.63) is 0 Å². The number of carbonyl (C=O) groups is 3. The summed E-state index contributed by atoms with van der Waals surface area (Å²) in [6, 6.07) is 0. The molecule has 5 N–H and O–H groups in total. The molecule has 0 aliphatic carbocycles. The zero-order valence-corrected chi connectivity index (χ0v) is 9.16. The molecule has 0 rings (SSSR count). The van der Waals surface area contributed by atoms with Gasteiger partial charge in [0.2, 0.25) is 0 Å². The molecule has 0 aliphatic rings. The third kappa shape index (κ3) is 25.0. The molecule has 0 saturated carbocycles. The highest BCUT2D eigenvalue weighted by Gasteiger charge is 2.08. The summed E-state index contributed by atoms with van der Waals surface area (Å²) in [6.45, 7) is 0.735. The van der Waals surface area contributed by atoms with E-state index in [1.54, 1.807) is 0 Å². The Hall–Kier alpha value is -1.71. The van der Waals surface area contributed by atoms with E-state index in [2.05, 4.69) is 15.5 Å². The first-order valence-electron chi connectivity index (χ1n) is 4.45. The monoisotopic (exact) mass is 253 g/mol. The van der Waals surface area contributed by atoms with E-state index in [9.17, 15) is 14.4 Å². The number of rotatable bonds is 6. The van der Waals surface area contributed by atoms with Crippen LogP contribution in [0.25, 0.3) is 0 Å². The standard InChI is InChI=1S/C6H8O7.C2H7NO/c7-4(8)1-2-6(11)13-12-3-5(9)10;1-2(3)4/h1-3H2,(H,7,8)(H,9,10);2,4H,3H2,1H3. The maximum Gasteiger partial charge on any atom is 0.342 e. The van der Waals surface area contributed by atoms with Crippen molar-refractivity contribution in [1.82, 2.24) is 0 Å². The quantitative estimate of drug-likeness (QED) is 0.256. The van der Waals surface area contributed by atoms with Crippen molar-refractivity contribution in [3.8, 4) is 0 Å². The lowest BCUT2D eigenvalue weighted by atomic mass is 10.3. The number of carboxylic acids is 2. The number of hydrogen-bond acceptors (Lipinski definition) is 7. The lowest BCUT2D eigenvalue weighted by Crippen LogP contribution is -2.12. The normalized spacial score (nSPS) is 10.8. The van der Waals surface area contributed by atoms with Gasteiger partial charge in [-0.1, -0.05) is 0 Å². The van der Waals surface area contributed by atoms with Crippen LogP contribution in [0.3, 0.4) is 0 Å². The molecule has 0 aromatic carbocycles. The van der Waals surface area contributed by atoms with Gasteiger partial charge >= 0.3 is 17.9 Å². The van der Waals surface area contributed by atoms with Gasteiger partial charge in [-0.05, 0) is 6.92 Å². The number of carbonyl (C=O) groups excluding carboxylic acids is 1. The number of hydrogen-bond donors (Lipinski definition) is 4. The first kappa shape index (κ1) is 17.7. The summed E-state index contributed by atoms with van der Waals surface area (Å²) in [5.41, 5.74) is 4.67. The van der Waals surface area contributed by atoms with Crippen molar-refractivity contribution in [1.29, 1.82) is 0 Å². The van der Waals surface area contributed by atoms with Gasteiger partial charge in [0.15, 0.2) is 6.61 Å². The molecule has 1 unspecified atom stereocenters. The van der Waals surface area contributed by atoms with Crippen LogP contribution in [0.4, 0.5) is 0 Å². The molecular formula is C8H15NO8. The van der Waals surface area contributed by atoms with E-state index in [0.717, 1.165) is 0 Å². The fourth-order valence-corrected chi connectivity index (χ4v) is 0.396.